The minimum atomic E-state index is 0. The SMILES string of the molecule is Cc1cc(COc2ccc(C3=NCCCN3)cc2)cc(COc2ccc(C3=NCCCN3)cc2)c1.Cl.Cl. The molecule has 0 saturated carbocycles. The summed E-state index contributed by atoms with van der Waals surface area (Å²) in [6.45, 7) is 6.86. The van der Waals surface area contributed by atoms with E-state index in [0.717, 1.165) is 84.4 Å². The van der Waals surface area contributed by atoms with E-state index in [-0.39, 0.29) is 24.8 Å². The van der Waals surface area contributed by atoms with E-state index in [0.29, 0.717) is 13.2 Å². The molecule has 2 N–H and O–H groups in total. The monoisotopic (exact) mass is 540 g/mol. The summed E-state index contributed by atoms with van der Waals surface area (Å²) >= 11 is 0. The van der Waals surface area contributed by atoms with Crippen molar-refractivity contribution in [3.63, 3.8) is 0 Å². The van der Waals surface area contributed by atoms with E-state index >= 15 is 0 Å². The number of amidine groups is 2. The first kappa shape index (κ1) is 28.4. The zero-order valence-electron chi connectivity index (χ0n) is 21.0. The van der Waals surface area contributed by atoms with E-state index in [9.17, 15) is 0 Å². The summed E-state index contributed by atoms with van der Waals surface area (Å²) in [7, 11) is 0. The molecule has 3 aromatic rings. The first-order valence-electron chi connectivity index (χ1n) is 12.4. The van der Waals surface area contributed by atoms with Crippen molar-refractivity contribution >= 4 is 36.5 Å². The van der Waals surface area contributed by atoms with Gasteiger partial charge in [0, 0.05) is 37.3 Å². The average molecular weight is 542 g/mol. The number of aliphatic imine (C=N–C) groups is 2. The van der Waals surface area contributed by atoms with Crippen molar-refractivity contribution in [1.82, 2.24) is 10.6 Å². The van der Waals surface area contributed by atoms with Crippen LogP contribution in [0.3, 0.4) is 0 Å². The molecule has 2 aliphatic heterocycles. The quantitative estimate of drug-likeness (QED) is 0.397. The highest BCUT2D eigenvalue weighted by atomic mass is 35.5. The number of benzene rings is 3. The summed E-state index contributed by atoms with van der Waals surface area (Å²) in [5.41, 5.74) is 5.65. The Morgan fingerprint density at radius 2 is 1.08 bits per heavy atom. The Balaban J connectivity index is 0.00000190. The van der Waals surface area contributed by atoms with E-state index in [1.54, 1.807) is 0 Å². The Morgan fingerprint density at radius 3 is 1.46 bits per heavy atom. The number of hydrogen-bond donors (Lipinski definition) is 2. The maximum absolute atomic E-state index is 6.06. The molecular weight excluding hydrogens is 507 g/mol. The van der Waals surface area contributed by atoms with Gasteiger partial charge in [-0.3, -0.25) is 9.98 Å². The third kappa shape index (κ3) is 7.88. The second-order valence-corrected chi connectivity index (χ2v) is 8.97. The van der Waals surface area contributed by atoms with Crippen molar-refractivity contribution < 1.29 is 9.47 Å². The van der Waals surface area contributed by atoms with E-state index in [2.05, 4.69) is 70.0 Å². The average Bonchev–Trinajstić information content (AvgIpc) is 2.92. The molecule has 3 aromatic carbocycles. The number of hydrogen-bond acceptors (Lipinski definition) is 6. The van der Waals surface area contributed by atoms with E-state index in [1.807, 2.05) is 24.3 Å². The van der Waals surface area contributed by atoms with Crippen LogP contribution in [0.4, 0.5) is 0 Å². The van der Waals surface area contributed by atoms with Crippen LogP contribution in [0.5, 0.6) is 11.5 Å². The smallest absolute Gasteiger partial charge is 0.128 e. The second-order valence-electron chi connectivity index (χ2n) is 8.97. The number of nitrogens with zero attached hydrogens (tertiary/aromatic N) is 2. The van der Waals surface area contributed by atoms with Crippen LogP contribution in [-0.4, -0.2) is 37.9 Å². The fraction of sp³-hybridized carbons (Fsp3) is 0.310. The predicted molar refractivity (Wildman–Crippen MR) is 155 cm³/mol. The van der Waals surface area contributed by atoms with Crippen molar-refractivity contribution in [1.29, 1.82) is 0 Å². The molecule has 2 aliphatic rings. The van der Waals surface area contributed by atoms with E-state index < -0.39 is 0 Å². The number of nitrogens with one attached hydrogen (secondary N) is 2. The highest BCUT2D eigenvalue weighted by Crippen LogP contribution is 2.19. The van der Waals surface area contributed by atoms with Gasteiger partial charge < -0.3 is 20.1 Å². The maximum Gasteiger partial charge on any atom is 0.128 e. The van der Waals surface area contributed by atoms with Crippen LogP contribution < -0.4 is 20.1 Å². The topological polar surface area (TPSA) is 67.2 Å². The summed E-state index contributed by atoms with van der Waals surface area (Å²) in [5.74, 6) is 3.64. The Hall–Kier alpha value is -3.22. The number of aryl methyl sites for hydroxylation is 1. The van der Waals surface area contributed by atoms with Gasteiger partial charge in [-0.1, -0.05) is 17.7 Å². The second kappa shape index (κ2) is 13.9. The lowest BCUT2D eigenvalue weighted by atomic mass is 10.1. The van der Waals surface area contributed by atoms with Gasteiger partial charge in [-0.15, -0.1) is 24.8 Å². The van der Waals surface area contributed by atoms with Gasteiger partial charge in [0.25, 0.3) is 0 Å². The molecule has 196 valence electrons. The van der Waals surface area contributed by atoms with Crippen LogP contribution in [0.2, 0.25) is 0 Å². The van der Waals surface area contributed by atoms with Crippen LogP contribution in [0.15, 0.2) is 76.7 Å². The molecule has 37 heavy (non-hydrogen) atoms. The molecule has 0 aliphatic carbocycles. The minimum absolute atomic E-state index is 0. The predicted octanol–water partition coefficient (Wildman–Crippen LogP) is 5.48. The Labute approximate surface area is 231 Å². The summed E-state index contributed by atoms with van der Waals surface area (Å²) in [6, 6.07) is 22.7. The Morgan fingerprint density at radius 1 is 0.649 bits per heavy atom. The van der Waals surface area contributed by atoms with Crippen LogP contribution >= 0.6 is 24.8 Å². The molecule has 0 fully saturated rings. The largest absolute Gasteiger partial charge is 0.489 e. The minimum Gasteiger partial charge on any atom is -0.489 e. The molecule has 0 radical (unpaired) electrons. The first-order chi connectivity index (χ1) is 17.2. The highest BCUT2D eigenvalue weighted by molar-refractivity contribution is 5.99. The molecular formula is C29H34Cl2N4O2. The molecule has 0 bridgehead atoms. The summed E-state index contributed by atoms with van der Waals surface area (Å²) in [5, 5.41) is 6.71. The van der Waals surface area contributed by atoms with Gasteiger partial charge in [-0.2, -0.15) is 0 Å². The summed E-state index contributed by atoms with van der Waals surface area (Å²) < 4.78 is 12.1. The molecule has 8 heteroatoms. The normalized spacial score (nSPS) is 14.5. The van der Waals surface area contributed by atoms with Gasteiger partial charge in [-0.05, 0) is 85.5 Å². The number of halogens is 2. The van der Waals surface area contributed by atoms with Gasteiger partial charge >= 0.3 is 0 Å². The molecule has 2 heterocycles. The third-order valence-electron chi connectivity index (χ3n) is 6.06. The third-order valence-corrected chi connectivity index (χ3v) is 6.06. The van der Waals surface area contributed by atoms with Crippen LogP contribution in [-0.2, 0) is 13.2 Å². The molecule has 0 saturated heterocycles. The molecule has 0 unspecified atom stereocenters. The van der Waals surface area contributed by atoms with Crippen LogP contribution in [0.1, 0.15) is 40.7 Å². The molecule has 0 atom stereocenters. The van der Waals surface area contributed by atoms with E-state index in [4.69, 9.17) is 9.47 Å². The number of rotatable bonds is 8. The zero-order chi connectivity index (χ0) is 23.9. The van der Waals surface area contributed by atoms with Crippen LogP contribution in [0.25, 0.3) is 0 Å². The van der Waals surface area contributed by atoms with E-state index in [1.165, 1.54) is 5.56 Å². The van der Waals surface area contributed by atoms with Crippen molar-refractivity contribution in [2.24, 2.45) is 9.98 Å². The number of ether oxygens (including phenoxy) is 2. The fourth-order valence-electron chi connectivity index (χ4n) is 4.32. The molecule has 6 nitrogen and oxygen atoms in total. The van der Waals surface area contributed by atoms with Gasteiger partial charge in [0.15, 0.2) is 0 Å². The molecule has 5 rings (SSSR count). The maximum atomic E-state index is 6.06. The van der Waals surface area contributed by atoms with Crippen molar-refractivity contribution in [2.45, 2.75) is 33.0 Å². The van der Waals surface area contributed by atoms with Crippen molar-refractivity contribution in [3.05, 3.63) is 94.5 Å². The molecule has 0 aromatic heterocycles. The Kier molecular flexibility index (Phi) is 10.7. The lowest BCUT2D eigenvalue weighted by Gasteiger charge is -2.15. The first-order valence-corrected chi connectivity index (χ1v) is 12.4. The van der Waals surface area contributed by atoms with Crippen molar-refractivity contribution in [2.75, 3.05) is 26.2 Å². The van der Waals surface area contributed by atoms with Crippen LogP contribution in [0, 0.1) is 6.92 Å². The fourth-order valence-corrected chi connectivity index (χ4v) is 4.32. The Bertz CT molecular complexity index is 1120. The molecule has 0 spiro atoms. The van der Waals surface area contributed by atoms with Gasteiger partial charge in [0.1, 0.15) is 36.4 Å². The van der Waals surface area contributed by atoms with Gasteiger partial charge in [0.2, 0.25) is 0 Å². The standard InChI is InChI=1S/C29H32N4O2.2ClH/c1-21-16-22(19-34-26-8-4-24(5-9-26)28-30-12-2-13-31-28)18-23(17-21)20-35-27-10-6-25(7-11-27)29-32-14-3-15-33-29;;/h4-11,16-18H,2-3,12-15,19-20H2,1H3,(H,30,31)(H,32,33);2*1H. The summed E-state index contributed by atoms with van der Waals surface area (Å²) in [4.78, 5) is 9.10. The van der Waals surface area contributed by atoms with Crippen molar-refractivity contribution in [3.8, 4) is 11.5 Å². The van der Waals surface area contributed by atoms with Gasteiger partial charge in [0.05, 0.1) is 0 Å². The zero-order valence-corrected chi connectivity index (χ0v) is 22.7. The summed E-state index contributed by atoms with van der Waals surface area (Å²) in [6.07, 6.45) is 2.18. The molecule has 0 amide bonds. The lowest BCUT2D eigenvalue weighted by molar-refractivity contribution is 0.299. The van der Waals surface area contributed by atoms with Gasteiger partial charge in [-0.25, -0.2) is 0 Å². The lowest BCUT2D eigenvalue weighted by Crippen LogP contribution is -2.30. The highest BCUT2D eigenvalue weighted by Gasteiger charge is 2.09.